The summed E-state index contributed by atoms with van der Waals surface area (Å²) in [7, 11) is 0. The Balaban J connectivity index is 1.42. The molecule has 0 N–H and O–H groups in total. The number of benzene rings is 2. The molecule has 3 heterocycles. The number of hydrogen-bond acceptors (Lipinski definition) is 7. The molecule has 0 unspecified atom stereocenters. The standard InChI is InChI=1S/C18H14N4O5/c23-17(11-2-4-13-14(8-11)20-27-19-13)21-6-1-7-22(21)18(24)12-3-5-15-16(9-12)26-10-25-15/h2-5,8-9H,1,6-7,10H2. The monoisotopic (exact) mass is 366 g/mol. The number of nitrogens with zero attached hydrogens (tertiary/aromatic N) is 4. The summed E-state index contributed by atoms with van der Waals surface area (Å²) in [4.78, 5) is 25.9. The normalized spacial score (nSPS) is 15.6. The van der Waals surface area contributed by atoms with Crippen LogP contribution in [0.3, 0.4) is 0 Å². The number of aromatic nitrogens is 2. The Hall–Kier alpha value is -3.62. The van der Waals surface area contributed by atoms with Gasteiger partial charge in [0.1, 0.15) is 11.0 Å². The Morgan fingerprint density at radius 2 is 1.48 bits per heavy atom. The highest BCUT2D eigenvalue weighted by Gasteiger charge is 2.32. The molecule has 5 rings (SSSR count). The maximum absolute atomic E-state index is 13.0. The summed E-state index contributed by atoms with van der Waals surface area (Å²) in [6, 6.07) is 9.93. The third kappa shape index (κ3) is 2.55. The van der Waals surface area contributed by atoms with Gasteiger partial charge in [-0.05, 0) is 53.1 Å². The zero-order chi connectivity index (χ0) is 18.4. The fourth-order valence-corrected chi connectivity index (χ4v) is 3.28. The van der Waals surface area contributed by atoms with Crippen LogP contribution in [0.5, 0.6) is 11.5 Å². The van der Waals surface area contributed by atoms with Crippen molar-refractivity contribution in [1.82, 2.24) is 20.3 Å². The number of fused-ring (bicyclic) bond motifs is 2. The first kappa shape index (κ1) is 15.6. The molecule has 0 spiro atoms. The van der Waals surface area contributed by atoms with Gasteiger partial charge in [-0.2, -0.15) is 0 Å². The first-order valence-corrected chi connectivity index (χ1v) is 8.46. The van der Waals surface area contributed by atoms with Gasteiger partial charge in [0.05, 0.1) is 0 Å². The first-order valence-electron chi connectivity index (χ1n) is 8.46. The van der Waals surface area contributed by atoms with Crippen molar-refractivity contribution in [2.75, 3.05) is 19.9 Å². The van der Waals surface area contributed by atoms with E-state index >= 15 is 0 Å². The lowest BCUT2D eigenvalue weighted by atomic mass is 10.1. The number of amides is 2. The number of ether oxygens (including phenoxy) is 2. The fourth-order valence-electron chi connectivity index (χ4n) is 3.28. The molecule has 2 amide bonds. The van der Waals surface area contributed by atoms with E-state index in [0.717, 1.165) is 0 Å². The SMILES string of the molecule is O=C(c1ccc2c(c1)OCO2)N1CCCN1C(=O)c1ccc2nonc2c1. The minimum atomic E-state index is -0.272. The lowest BCUT2D eigenvalue weighted by molar-refractivity contribution is 0.0186. The van der Waals surface area contributed by atoms with Gasteiger partial charge in [0, 0.05) is 24.2 Å². The van der Waals surface area contributed by atoms with Crippen molar-refractivity contribution in [3.8, 4) is 11.5 Å². The number of hydrazine groups is 1. The van der Waals surface area contributed by atoms with Crippen LogP contribution in [0.15, 0.2) is 41.0 Å². The van der Waals surface area contributed by atoms with Gasteiger partial charge in [-0.25, -0.2) is 14.6 Å². The molecule has 2 aliphatic heterocycles. The second-order valence-electron chi connectivity index (χ2n) is 6.25. The second-order valence-corrected chi connectivity index (χ2v) is 6.25. The summed E-state index contributed by atoms with van der Waals surface area (Å²) in [5, 5.41) is 10.4. The van der Waals surface area contributed by atoms with E-state index in [1.165, 1.54) is 10.0 Å². The number of carbonyl (C=O) groups is 2. The molecule has 1 saturated heterocycles. The largest absolute Gasteiger partial charge is 0.454 e. The van der Waals surface area contributed by atoms with Crippen molar-refractivity contribution in [3.05, 3.63) is 47.5 Å². The quantitative estimate of drug-likeness (QED) is 0.683. The second kappa shape index (κ2) is 5.97. The zero-order valence-electron chi connectivity index (χ0n) is 14.1. The van der Waals surface area contributed by atoms with Crippen molar-refractivity contribution >= 4 is 22.8 Å². The van der Waals surface area contributed by atoms with Crippen LogP contribution >= 0.6 is 0 Å². The van der Waals surface area contributed by atoms with Crippen LogP contribution in [0.1, 0.15) is 27.1 Å². The molecule has 0 radical (unpaired) electrons. The average molecular weight is 366 g/mol. The first-order chi connectivity index (χ1) is 13.2. The molecule has 27 heavy (non-hydrogen) atoms. The molecule has 9 nitrogen and oxygen atoms in total. The van der Waals surface area contributed by atoms with E-state index in [1.54, 1.807) is 36.4 Å². The van der Waals surface area contributed by atoms with E-state index < -0.39 is 0 Å². The Kier molecular flexibility index (Phi) is 3.46. The molecular weight excluding hydrogens is 352 g/mol. The minimum absolute atomic E-state index is 0.140. The van der Waals surface area contributed by atoms with Crippen LogP contribution in [0, 0.1) is 0 Å². The van der Waals surface area contributed by atoms with Crippen LogP contribution in [0.4, 0.5) is 0 Å². The topological polar surface area (TPSA) is 98.0 Å². The molecule has 9 heteroatoms. The van der Waals surface area contributed by atoms with Gasteiger partial charge in [0.2, 0.25) is 6.79 Å². The fraction of sp³-hybridized carbons (Fsp3) is 0.222. The summed E-state index contributed by atoms with van der Waals surface area (Å²) in [5.74, 6) is 0.604. The number of rotatable bonds is 2. The maximum atomic E-state index is 13.0. The highest BCUT2D eigenvalue weighted by atomic mass is 16.7. The van der Waals surface area contributed by atoms with Gasteiger partial charge in [-0.1, -0.05) is 0 Å². The third-order valence-electron chi connectivity index (χ3n) is 4.62. The molecule has 1 fully saturated rings. The predicted octanol–water partition coefficient (Wildman–Crippen LogP) is 1.85. The molecule has 2 aliphatic rings. The van der Waals surface area contributed by atoms with Crippen LogP contribution in [-0.2, 0) is 0 Å². The van der Waals surface area contributed by atoms with E-state index in [-0.39, 0.29) is 18.6 Å². The van der Waals surface area contributed by atoms with Crippen LogP contribution in [0.2, 0.25) is 0 Å². The molecule has 1 aromatic heterocycles. The number of hydrogen-bond donors (Lipinski definition) is 0. The minimum Gasteiger partial charge on any atom is -0.454 e. The van der Waals surface area contributed by atoms with Crippen molar-refractivity contribution in [3.63, 3.8) is 0 Å². The smallest absolute Gasteiger partial charge is 0.272 e. The molecule has 3 aromatic rings. The van der Waals surface area contributed by atoms with Gasteiger partial charge in [-0.15, -0.1) is 0 Å². The summed E-state index contributed by atoms with van der Waals surface area (Å²) in [6.45, 7) is 1.07. The molecule has 0 bridgehead atoms. The predicted molar refractivity (Wildman–Crippen MR) is 91.1 cm³/mol. The Morgan fingerprint density at radius 3 is 2.30 bits per heavy atom. The van der Waals surface area contributed by atoms with Crippen molar-refractivity contribution in [1.29, 1.82) is 0 Å². The van der Waals surface area contributed by atoms with Crippen LogP contribution in [-0.4, -0.2) is 52.0 Å². The van der Waals surface area contributed by atoms with E-state index in [9.17, 15) is 9.59 Å². The Morgan fingerprint density at radius 1 is 0.815 bits per heavy atom. The highest BCUT2D eigenvalue weighted by Crippen LogP contribution is 2.33. The average Bonchev–Trinajstić information content (AvgIpc) is 3.45. The van der Waals surface area contributed by atoms with Gasteiger partial charge in [0.15, 0.2) is 11.5 Å². The molecule has 0 aliphatic carbocycles. The van der Waals surface area contributed by atoms with Crippen LogP contribution < -0.4 is 9.47 Å². The summed E-state index contributed by atoms with van der Waals surface area (Å²) >= 11 is 0. The lowest BCUT2D eigenvalue weighted by Crippen LogP contribution is -2.44. The molecule has 136 valence electrons. The van der Waals surface area contributed by atoms with Gasteiger partial charge >= 0.3 is 0 Å². The molecule has 0 saturated carbocycles. The van der Waals surface area contributed by atoms with Gasteiger partial charge < -0.3 is 9.47 Å². The molecule has 0 atom stereocenters. The van der Waals surface area contributed by atoms with Gasteiger partial charge in [-0.3, -0.25) is 9.59 Å². The maximum Gasteiger partial charge on any atom is 0.272 e. The zero-order valence-corrected chi connectivity index (χ0v) is 14.1. The highest BCUT2D eigenvalue weighted by molar-refractivity contribution is 6.01. The summed E-state index contributed by atoms with van der Waals surface area (Å²) in [5.41, 5.74) is 1.92. The van der Waals surface area contributed by atoms with Crippen molar-refractivity contribution in [2.45, 2.75) is 6.42 Å². The lowest BCUT2D eigenvalue weighted by Gasteiger charge is -2.28. The Bertz CT molecular complexity index is 1060. The molecular formula is C18H14N4O5. The van der Waals surface area contributed by atoms with E-state index in [2.05, 4.69) is 14.9 Å². The van der Waals surface area contributed by atoms with E-state index in [1.807, 2.05) is 0 Å². The summed E-state index contributed by atoms with van der Waals surface area (Å²) < 4.78 is 15.3. The van der Waals surface area contributed by atoms with E-state index in [4.69, 9.17) is 9.47 Å². The Labute approximate surface area is 153 Å². The third-order valence-corrected chi connectivity index (χ3v) is 4.62. The van der Waals surface area contributed by atoms with Crippen LogP contribution in [0.25, 0.3) is 11.0 Å². The molecule has 2 aromatic carbocycles. The van der Waals surface area contributed by atoms with Crippen molar-refractivity contribution < 1.29 is 23.7 Å². The number of carbonyl (C=O) groups excluding carboxylic acids is 2. The van der Waals surface area contributed by atoms with Gasteiger partial charge in [0.25, 0.3) is 11.8 Å². The summed E-state index contributed by atoms with van der Waals surface area (Å²) in [6.07, 6.45) is 0.704. The van der Waals surface area contributed by atoms with E-state index in [0.29, 0.717) is 53.2 Å². The van der Waals surface area contributed by atoms with Crippen molar-refractivity contribution in [2.24, 2.45) is 0 Å².